The number of hydrogen-bond donors (Lipinski definition) is 1. The summed E-state index contributed by atoms with van der Waals surface area (Å²) in [5.41, 5.74) is 8.17. The lowest BCUT2D eigenvalue weighted by molar-refractivity contribution is 0.677. The van der Waals surface area contributed by atoms with E-state index in [9.17, 15) is 0 Å². The predicted octanol–water partition coefficient (Wildman–Crippen LogP) is 2.34. The predicted molar refractivity (Wildman–Crippen MR) is 81.1 cm³/mol. The zero-order chi connectivity index (χ0) is 14.0. The second-order valence-electron chi connectivity index (χ2n) is 4.31. The molecule has 5 nitrogen and oxygen atoms in total. The first-order valence-electron chi connectivity index (χ1n) is 5.84. The minimum atomic E-state index is 0.124. The molecule has 8 heteroatoms. The van der Waals surface area contributed by atoms with Crippen molar-refractivity contribution in [1.29, 1.82) is 0 Å². The van der Waals surface area contributed by atoms with Gasteiger partial charge in [-0.25, -0.2) is 0 Å². The fourth-order valence-corrected chi connectivity index (χ4v) is 4.35. The Hall–Kier alpha value is -0.570. The molecule has 0 aliphatic rings. The molecule has 0 aromatic carbocycles. The molecule has 0 saturated heterocycles. The van der Waals surface area contributed by atoms with E-state index in [-0.39, 0.29) is 6.04 Å². The Labute approximate surface area is 125 Å². The molecule has 0 amide bonds. The number of aromatic nitrogens is 4. The van der Waals surface area contributed by atoms with Crippen molar-refractivity contribution in [2.75, 3.05) is 6.26 Å². The Morgan fingerprint density at radius 2 is 2.05 bits per heavy atom. The Balaban J connectivity index is 2.28. The maximum atomic E-state index is 5.92. The van der Waals surface area contributed by atoms with E-state index < -0.39 is 0 Å². The monoisotopic (exact) mass is 315 g/mol. The van der Waals surface area contributed by atoms with Crippen LogP contribution in [-0.4, -0.2) is 32.3 Å². The van der Waals surface area contributed by atoms with Crippen LogP contribution in [-0.2, 0) is 13.5 Å². The van der Waals surface area contributed by atoms with Crippen molar-refractivity contribution >= 4 is 34.9 Å². The molecule has 104 valence electrons. The van der Waals surface area contributed by atoms with Crippen LogP contribution in [0, 0.1) is 6.92 Å². The van der Waals surface area contributed by atoms with Gasteiger partial charge in [0.1, 0.15) is 5.03 Å². The highest BCUT2D eigenvalue weighted by molar-refractivity contribution is 8.03. The maximum absolute atomic E-state index is 5.92. The van der Waals surface area contributed by atoms with Crippen LogP contribution in [0.4, 0.5) is 0 Å². The summed E-state index contributed by atoms with van der Waals surface area (Å²) in [6.45, 7) is 4.03. The molecule has 0 bridgehead atoms. The van der Waals surface area contributed by atoms with Gasteiger partial charge in [0, 0.05) is 18.7 Å². The first-order chi connectivity index (χ1) is 9.01. The number of nitrogens with zero attached hydrogens (tertiary/aromatic N) is 4. The second kappa shape index (κ2) is 6.25. The van der Waals surface area contributed by atoms with Crippen LogP contribution in [0.25, 0.3) is 0 Å². The molecule has 0 saturated carbocycles. The van der Waals surface area contributed by atoms with Crippen LogP contribution in [0.1, 0.15) is 18.2 Å². The molecule has 2 heterocycles. The minimum absolute atomic E-state index is 0.124. The van der Waals surface area contributed by atoms with Gasteiger partial charge in [-0.1, -0.05) is 23.1 Å². The molecule has 0 aliphatic heterocycles. The van der Waals surface area contributed by atoms with Crippen LogP contribution in [0.3, 0.4) is 0 Å². The number of thioether (sulfide) groups is 1. The maximum Gasteiger partial charge on any atom is 0.181 e. The summed E-state index contributed by atoms with van der Waals surface area (Å²) < 4.78 is 3.83. The highest BCUT2D eigenvalue weighted by atomic mass is 32.2. The Morgan fingerprint density at radius 1 is 1.37 bits per heavy atom. The normalized spacial score (nSPS) is 12.9. The summed E-state index contributed by atoms with van der Waals surface area (Å²) in [6, 6.07) is 0.124. The van der Waals surface area contributed by atoms with Crippen molar-refractivity contribution in [3.8, 4) is 0 Å². The summed E-state index contributed by atoms with van der Waals surface area (Å²) in [5.74, 6) is 0. The molecule has 1 atom stereocenters. The lowest BCUT2D eigenvalue weighted by atomic mass is 10.1. The highest BCUT2D eigenvalue weighted by Gasteiger charge is 2.17. The first kappa shape index (κ1) is 14.8. The van der Waals surface area contributed by atoms with Crippen LogP contribution in [0.2, 0.25) is 0 Å². The molecule has 2 N–H and O–H groups in total. The summed E-state index contributed by atoms with van der Waals surface area (Å²) in [4.78, 5) is 0. The minimum Gasteiger partial charge on any atom is -0.328 e. The third-order valence-electron chi connectivity index (χ3n) is 2.56. The Bertz CT molecular complexity index is 561. The third kappa shape index (κ3) is 3.50. The third-order valence-corrected chi connectivity index (χ3v) is 5.72. The summed E-state index contributed by atoms with van der Waals surface area (Å²) >= 11 is 4.83. The van der Waals surface area contributed by atoms with E-state index in [1.165, 1.54) is 5.56 Å². The average Bonchev–Trinajstić information content (AvgIpc) is 2.89. The van der Waals surface area contributed by atoms with E-state index in [2.05, 4.69) is 15.3 Å². The standard InChI is InChI=1S/C11H17N5S3/c1-6(12)5-8-7(2)15-16(3)9(8)18-11-14-13-10(17-4)19-11/h6H,5,12H2,1-4H3. The zero-order valence-corrected chi connectivity index (χ0v) is 13.8. The molecule has 0 fully saturated rings. The van der Waals surface area contributed by atoms with Gasteiger partial charge in [0.15, 0.2) is 8.68 Å². The van der Waals surface area contributed by atoms with E-state index in [1.807, 2.05) is 31.8 Å². The topological polar surface area (TPSA) is 69.6 Å². The van der Waals surface area contributed by atoms with Crippen molar-refractivity contribution in [2.24, 2.45) is 12.8 Å². The van der Waals surface area contributed by atoms with Crippen molar-refractivity contribution in [1.82, 2.24) is 20.0 Å². The lowest BCUT2D eigenvalue weighted by Gasteiger charge is -2.06. The van der Waals surface area contributed by atoms with Crippen LogP contribution >= 0.6 is 34.9 Å². The fourth-order valence-electron chi connectivity index (χ4n) is 1.77. The molecular weight excluding hydrogens is 298 g/mol. The van der Waals surface area contributed by atoms with E-state index in [1.54, 1.807) is 34.9 Å². The van der Waals surface area contributed by atoms with Crippen LogP contribution in [0.5, 0.6) is 0 Å². The van der Waals surface area contributed by atoms with E-state index >= 15 is 0 Å². The quantitative estimate of drug-likeness (QED) is 0.854. The van der Waals surface area contributed by atoms with Crippen LogP contribution in [0.15, 0.2) is 13.7 Å². The number of aryl methyl sites for hydroxylation is 2. The number of hydrogen-bond acceptors (Lipinski definition) is 7. The molecule has 0 radical (unpaired) electrons. The van der Waals surface area contributed by atoms with Gasteiger partial charge in [-0.05, 0) is 38.3 Å². The average molecular weight is 315 g/mol. The van der Waals surface area contributed by atoms with Gasteiger partial charge in [-0.3, -0.25) is 4.68 Å². The second-order valence-corrected chi connectivity index (χ2v) is 7.58. The molecule has 1 unspecified atom stereocenters. The molecule has 2 rings (SSSR count). The van der Waals surface area contributed by atoms with Gasteiger partial charge in [0.25, 0.3) is 0 Å². The van der Waals surface area contributed by atoms with Crippen molar-refractivity contribution < 1.29 is 0 Å². The van der Waals surface area contributed by atoms with E-state index in [4.69, 9.17) is 5.73 Å². The van der Waals surface area contributed by atoms with Gasteiger partial charge < -0.3 is 5.73 Å². The SMILES string of the molecule is CSc1nnc(Sc2c(CC(C)N)c(C)nn2C)s1. The highest BCUT2D eigenvalue weighted by Crippen LogP contribution is 2.35. The largest absolute Gasteiger partial charge is 0.328 e. The molecule has 2 aromatic heterocycles. The lowest BCUT2D eigenvalue weighted by Crippen LogP contribution is -2.18. The molecular formula is C11H17N5S3. The van der Waals surface area contributed by atoms with Crippen molar-refractivity contribution in [3.05, 3.63) is 11.3 Å². The van der Waals surface area contributed by atoms with Crippen molar-refractivity contribution in [3.63, 3.8) is 0 Å². The molecule has 19 heavy (non-hydrogen) atoms. The number of nitrogens with two attached hydrogens (primary N) is 1. The smallest absolute Gasteiger partial charge is 0.181 e. The van der Waals surface area contributed by atoms with Gasteiger partial charge in [-0.15, -0.1) is 10.2 Å². The first-order valence-corrected chi connectivity index (χ1v) is 8.70. The molecule has 0 aliphatic carbocycles. The Morgan fingerprint density at radius 3 is 2.63 bits per heavy atom. The van der Waals surface area contributed by atoms with Gasteiger partial charge in [0.2, 0.25) is 0 Å². The number of rotatable bonds is 5. The fraction of sp³-hybridized carbons (Fsp3) is 0.545. The molecule has 0 spiro atoms. The van der Waals surface area contributed by atoms with E-state index in [0.29, 0.717) is 0 Å². The van der Waals surface area contributed by atoms with Crippen molar-refractivity contribution in [2.45, 2.75) is 40.0 Å². The summed E-state index contributed by atoms with van der Waals surface area (Å²) in [6.07, 6.45) is 2.83. The van der Waals surface area contributed by atoms with E-state index in [0.717, 1.165) is 25.8 Å². The van der Waals surface area contributed by atoms with Gasteiger partial charge in [-0.2, -0.15) is 5.10 Å². The summed E-state index contributed by atoms with van der Waals surface area (Å²) in [7, 11) is 1.95. The van der Waals surface area contributed by atoms with Gasteiger partial charge in [0.05, 0.1) is 5.69 Å². The zero-order valence-electron chi connectivity index (χ0n) is 11.4. The summed E-state index contributed by atoms with van der Waals surface area (Å²) in [5, 5.41) is 13.9. The Kier molecular flexibility index (Phi) is 4.88. The molecule has 2 aromatic rings. The van der Waals surface area contributed by atoms with Crippen LogP contribution < -0.4 is 5.73 Å². The van der Waals surface area contributed by atoms with Gasteiger partial charge >= 0.3 is 0 Å².